The van der Waals surface area contributed by atoms with Crippen LogP contribution in [0.25, 0.3) is 0 Å². The van der Waals surface area contributed by atoms with E-state index in [9.17, 15) is 31.0 Å². The quantitative estimate of drug-likeness (QED) is 0.513. The molecule has 7 nitrogen and oxygen atoms in total. The molecule has 1 amide bonds. The van der Waals surface area contributed by atoms with Crippen molar-refractivity contribution >= 4 is 22.4 Å². The zero-order valence-corrected chi connectivity index (χ0v) is 17.7. The summed E-state index contributed by atoms with van der Waals surface area (Å²) in [5.74, 6) is -5.72. The van der Waals surface area contributed by atoms with Crippen molar-refractivity contribution in [1.82, 2.24) is 10.2 Å². The van der Waals surface area contributed by atoms with Gasteiger partial charge in [-0.15, -0.1) is 10.2 Å². The Balaban J connectivity index is 2.04. The van der Waals surface area contributed by atoms with E-state index >= 15 is 0 Å². The normalized spacial score (nSPS) is 12.2. The van der Waals surface area contributed by atoms with E-state index < -0.39 is 63.2 Å². The van der Waals surface area contributed by atoms with Gasteiger partial charge in [0.1, 0.15) is 0 Å². The monoisotopic (exact) mass is 487 g/mol. The number of nitrogens with zero attached hydrogens (tertiary/aromatic N) is 2. The molecule has 1 unspecified atom stereocenters. The second-order valence-electron chi connectivity index (χ2n) is 6.37. The summed E-state index contributed by atoms with van der Waals surface area (Å²) in [4.78, 5) is 13.1. The van der Waals surface area contributed by atoms with Crippen LogP contribution in [0.3, 0.4) is 0 Å². The number of carbonyl (C=O) groups excluding carboxylic acids is 1. The number of hydrogen-bond acceptors (Lipinski definition) is 6. The maximum atomic E-state index is 14.0. The molecule has 33 heavy (non-hydrogen) atoms. The summed E-state index contributed by atoms with van der Waals surface area (Å²) in [6.07, 6.45) is -3.51. The van der Waals surface area contributed by atoms with E-state index in [-0.39, 0.29) is 5.69 Å². The first kappa shape index (κ1) is 24.0. The van der Waals surface area contributed by atoms with E-state index in [1.165, 1.54) is 24.5 Å². The number of methoxy groups -OCH3 is 1. The predicted molar refractivity (Wildman–Crippen MR) is 107 cm³/mol. The molecule has 1 aromatic heterocycles. The minimum atomic E-state index is -4.93. The molecule has 0 spiro atoms. The number of benzene rings is 2. The van der Waals surface area contributed by atoms with Crippen LogP contribution in [0, 0.1) is 11.6 Å². The third-order valence-corrected chi connectivity index (χ3v) is 5.04. The molecule has 0 fully saturated rings. The summed E-state index contributed by atoms with van der Waals surface area (Å²) < 4.78 is 88.6. The number of anilines is 1. The minimum Gasteiger partial charge on any atom is -0.490 e. The lowest BCUT2D eigenvalue weighted by Crippen LogP contribution is -2.18. The van der Waals surface area contributed by atoms with Crippen LogP contribution < -0.4 is 14.8 Å². The summed E-state index contributed by atoms with van der Waals surface area (Å²) in [5.41, 5.74) is -2.00. The largest absolute Gasteiger partial charge is 0.490 e. The first-order valence-corrected chi connectivity index (χ1v) is 10.5. The van der Waals surface area contributed by atoms with Gasteiger partial charge in [-0.05, 0) is 30.3 Å². The molecule has 0 radical (unpaired) electrons. The first-order chi connectivity index (χ1) is 15.5. The van der Waals surface area contributed by atoms with Gasteiger partial charge in [-0.2, -0.15) is 17.6 Å². The topological polar surface area (TPSA) is 90.4 Å². The fourth-order valence-electron chi connectivity index (χ4n) is 2.59. The van der Waals surface area contributed by atoms with Crippen LogP contribution in [-0.4, -0.2) is 33.7 Å². The molecule has 0 aliphatic rings. The number of nitrogens with one attached hydrogen (secondary N) is 1. The van der Waals surface area contributed by atoms with Crippen LogP contribution >= 0.6 is 0 Å². The Morgan fingerprint density at radius 3 is 2.42 bits per heavy atom. The molecule has 1 atom stereocenters. The number of alkyl halides is 3. The van der Waals surface area contributed by atoms with E-state index in [0.29, 0.717) is 17.0 Å². The van der Waals surface area contributed by atoms with Gasteiger partial charge in [0.05, 0.1) is 7.11 Å². The number of halogens is 5. The van der Waals surface area contributed by atoms with Crippen LogP contribution in [-0.2, 0) is 17.0 Å². The van der Waals surface area contributed by atoms with Crippen molar-refractivity contribution in [3.8, 4) is 17.2 Å². The standard InChI is InChI=1S/C20H14F5N3O4S/c1-31-18-13(7-6-12(21)16(18)22)32-14-9-15(20(23,24)25)27-28-17(14)19(29)26-10-4-3-5-11(8-10)33(2)30/h3-9H,1-2H3,(H,26,29). The molecule has 0 bridgehead atoms. The fraction of sp³-hybridized carbons (Fsp3) is 0.150. The van der Waals surface area contributed by atoms with Crippen LogP contribution in [0.15, 0.2) is 47.4 Å². The highest BCUT2D eigenvalue weighted by molar-refractivity contribution is 7.84. The lowest BCUT2D eigenvalue weighted by molar-refractivity contribution is -0.141. The van der Waals surface area contributed by atoms with Gasteiger partial charge < -0.3 is 14.8 Å². The van der Waals surface area contributed by atoms with E-state index in [0.717, 1.165) is 13.2 Å². The number of carbonyl (C=O) groups is 1. The Morgan fingerprint density at radius 1 is 1.06 bits per heavy atom. The summed E-state index contributed by atoms with van der Waals surface area (Å²) in [6.45, 7) is 0. The molecule has 13 heteroatoms. The van der Waals surface area contributed by atoms with Gasteiger partial charge in [0.15, 0.2) is 28.7 Å². The van der Waals surface area contributed by atoms with Gasteiger partial charge in [0.25, 0.3) is 5.91 Å². The lowest BCUT2D eigenvalue weighted by atomic mass is 10.2. The third kappa shape index (κ3) is 5.42. The van der Waals surface area contributed by atoms with Crippen molar-refractivity contribution in [2.24, 2.45) is 0 Å². The molecule has 0 saturated heterocycles. The van der Waals surface area contributed by atoms with Gasteiger partial charge in [-0.3, -0.25) is 9.00 Å². The molecule has 174 valence electrons. The van der Waals surface area contributed by atoms with Crippen molar-refractivity contribution in [3.63, 3.8) is 0 Å². The Hall–Kier alpha value is -3.61. The molecular formula is C20H14F5N3O4S. The Morgan fingerprint density at radius 2 is 1.79 bits per heavy atom. The average Bonchev–Trinajstić information content (AvgIpc) is 2.76. The number of ether oxygens (including phenoxy) is 2. The molecule has 2 aromatic carbocycles. The summed E-state index contributed by atoms with van der Waals surface area (Å²) >= 11 is 0. The second-order valence-corrected chi connectivity index (χ2v) is 7.75. The number of amides is 1. The third-order valence-electron chi connectivity index (χ3n) is 4.13. The molecule has 1 N–H and O–H groups in total. The lowest BCUT2D eigenvalue weighted by Gasteiger charge is -2.15. The number of hydrogen-bond donors (Lipinski definition) is 1. The fourth-order valence-corrected chi connectivity index (χ4v) is 3.16. The van der Waals surface area contributed by atoms with Crippen LogP contribution in [0.5, 0.6) is 17.2 Å². The van der Waals surface area contributed by atoms with Crippen LogP contribution in [0.4, 0.5) is 27.6 Å². The predicted octanol–water partition coefficient (Wildman–Crippen LogP) is 4.56. The van der Waals surface area contributed by atoms with Crippen molar-refractivity contribution in [1.29, 1.82) is 0 Å². The van der Waals surface area contributed by atoms with Crippen LogP contribution in [0.1, 0.15) is 16.2 Å². The number of aromatic nitrogens is 2. The SMILES string of the molecule is COc1c(Oc2cc(C(F)(F)F)nnc2C(=O)Nc2cccc(S(C)=O)c2)ccc(F)c1F. The molecule has 1 heterocycles. The summed E-state index contributed by atoms with van der Waals surface area (Å²) in [6, 6.07) is 7.87. The number of rotatable bonds is 6. The van der Waals surface area contributed by atoms with Crippen LogP contribution in [0.2, 0.25) is 0 Å². The Labute approximate surface area is 186 Å². The molecule has 0 aliphatic carbocycles. The first-order valence-electron chi connectivity index (χ1n) is 8.91. The van der Waals surface area contributed by atoms with Gasteiger partial charge in [-0.25, -0.2) is 4.39 Å². The molecule has 0 aliphatic heterocycles. The second kappa shape index (κ2) is 9.48. The zero-order chi connectivity index (χ0) is 24.3. The highest BCUT2D eigenvalue weighted by Gasteiger charge is 2.35. The van der Waals surface area contributed by atoms with Crippen molar-refractivity contribution in [2.75, 3.05) is 18.7 Å². The molecule has 3 aromatic rings. The maximum Gasteiger partial charge on any atom is 0.435 e. The highest BCUT2D eigenvalue weighted by atomic mass is 32.2. The summed E-state index contributed by atoms with van der Waals surface area (Å²) in [7, 11) is -0.365. The molecular weight excluding hydrogens is 473 g/mol. The van der Waals surface area contributed by atoms with E-state index in [1.807, 2.05) is 0 Å². The smallest absolute Gasteiger partial charge is 0.435 e. The Kier molecular flexibility index (Phi) is 6.91. The van der Waals surface area contributed by atoms with Gasteiger partial charge in [-0.1, -0.05) is 6.07 Å². The van der Waals surface area contributed by atoms with Crippen molar-refractivity contribution in [2.45, 2.75) is 11.1 Å². The average molecular weight is 487 g/mol. The van der Waals surface area contributed by atoms with Gasteiger partial charge in [0, 0.05) is 33.7 Å². The van der Waals surface area contributed by atoms with Crippen molar-refractivity contribution < 1.29 is 40.4 Å². The molecule has 0 saturated carbocycles. The van der Waals surface area contributed by atoms with E-state index in [4.69, 9.17) is 9.47 Å². The van der Waals surface area contributed by atoms with Gasteiger partial charge >= 0.3 is 6.18 Å². The van der Waals surface area contributed by atoms with E-state index in [2.05, 4.69) is 15.5 Å². The highest BCUT2D eigenvalue weighted by Crippen LogP contribution is 2.38. The van der Waals surface area contributed by atoms with Crippen molar-refractivity contribution in [3.05, 3.63) is 65.5 Å². The molecule has 3 rings (SSSR count). The van der Waals surface area contributed by atoms with E-state index in [1.54, 1.807) is 6.07 Å². The van der Waals surface area contributed by atoms with Gasteiger partial charge in [0.2, 0.25) is 11.6 Å². The summed E-state index contributed by atoms with van der Waals surface area (Å²) in [5, 5.41) is 8.70. The Bertz CT molecular complexity index is 1240. The zero-order valence-electron chi connectivity index (χ0n) is 16.9. The minimum absolute atomic E-state index is 0.172. The maximum absolute atomic E-state index is 14.0.